The summed E-state index contributed by atoms with van der Waals surface area (Å²) in [7, 11) is 0. The van der Waals surface area contributed by atoms with Crippen LogP contribution in [0.3, 0.4) is 0 Å². The minimum absolute atomic E-state index is 0.147. The Labute approximate surface area is 104 Å². The Morgan fingerprint density at radius 2 is 2.24 bits per heavy atom. The van der Waals surface area contributed by atoms with Crippen molar-refractivity contribution in [3.63, 3.8) is 0 Å². The van der Waals surface area contributed by atoms with Gasteiger partial charge in [0.15, 0.2) is 0 Å². The van der Waals surface area contributed by atoms with Gasteiger partial charge in [-0.15, -0.1) is 0 Å². The molecule has 0 aliphatic rings. The molecule has 0 bridgehead atoms. The van der Waals surface area contributed by atoms with Gasteiger partial charge in [-0.05, 0) is 18.6 Å². The summed E-state index contributed by atoms with van der Waals surface area (Å²) < 4.78 is 0. The summed E-state index contributed by atoms with van der Waals surface area (Å²) in [6, 6.07) is 7.30. The van der Waals surface area contributed by atoms with Crippen molar-refractivity contribution in [3.8, 4) is 0 Å². The summed E-state index contributed by atoms with van der Waals surface area (Å²) in [6.45, 7) is 1.89. The second kappa shape index (κ2) is 5.01. The van der Waals surface area contributed by atoms with E-state index in [-0.39, 0.29) is 11.9 Å². The third-order valence-corrected chi connectivity index (χ3v) is 2.82. The lowest BCUT2D eigenvalue weighted by Crippen LogP contribution is -2.26. The number of halogens is 1. The van der Waals surface area contributed by atoms with E-state index in [2.05, 4.69) is 15.5 Å². The number of aromatic amines is 1. The van der Waals surface area contributed by atoms with Gasteiger partial charge in [0.1, 0.15) is 0 Å². The molecule has 1 amide bonds. The lowest BCUT2D eigenvalue weighted by atomic mass is 10.1. The first kappa shape index (κ1) is 11.7. The highest BCUT2D eigenvalue weighted by Crippen LogP contribution is 2.22. The van der Waals surface area contributed by atoms with Crippen LogP contribution < -0.4 is 5.32 Å². The van der Waals surface area contributed by atoms with Crippen molar-refractivity contribution in [1.82, 2.24) is 15.5 Å². The maximum absolute atomic E-state index is 11.8. The zero-order valence-corrected chi connectivity index (χ0v) is 10.0. The highest BCUT2D eigenvalue weighted by molar-refractivity contribution is 6.31. The maximum Gasteiger partial charge on any atom is 0.254 e. The SMILES string of the molecule is CC(NC(=O)c1cn[nH]c1)c1ccccc1Cl. The van der Waals surface area contributed by atoms with Crippen molar-refractivity contribution in [2.24, 2.45) is 0 Å². The van der Waals surface area contributed by atoms with Gasteiger partial charge in [0.2, 0.25) is 0 Å². The third-order valence-electron chi connectivity index (χ3n) is 2.48. The number of nitrogens with one attached hydrogen (secondary N) is 2. The van der Waals surface area contributed by atoms with Crippen molar-refractivity contribution >= 4 is 17.5 Å². The summed E-state index contributed by atoms with van der Waals surface area (Å²) in [4.78, 5) is 11.8. The smallest absolute Gasteiger partial charge is 0.254 e. The molecule has 1 atom stereocenters. The number of nitrogens with zero attached hydrogens (tertiary/aromatic N) is 1. The van der Waals surface area contributed by atoms with Crippen LogP contribution in [0.1, 0.15) is 28.9 Å². The average Bonchev–Trinajstić information content (AvgIpc) is 2.82. The number of aromatic nitrogens is 2. The van der Waals surface area contributed by atoms with Crippen LogP contribution in [0.2, 0.25) is 5.02 Å². The predicted molar refractivity (Wildman–Crippen MR) is 65.9 cm³/mol. The molecule has 1 aromatic carbocycles. The van der Waals surface area contributed by atoms with E-state index >= 15 is 0 Å². The van der Waals surface area contributed by atoms with Crippen LogP contribution in [0.5, 0.6) is 0 Å². The van der Waals surface area contributed by atoms with Gasteiger partial charge in [-0.3, -0.25) is 9.89 Å². The summed E-state index contributed by atoms with van der Waals surface area (Å²) in [5, 5.41) is 9.83. The lowest BCUT2D eigenvalue weighted by molar-refractivity contribution is 0.0940. The minimum atomic E-state index is -0.175. The molecule has 2 N–H and O–H groups in total. The van der Waals surface area contributed by atoms with Crippen LogP contribution in [0, 0.1) is 0 Å². The van der Waals surface area contributed by atoms with Crippen LogP contribution in [0.4, 0.5) is 0 Å². The number of H-pyrrole nitrogens is 1. The summed E-state index contributed by atoms with van der Waals surface area (Å²) in [5.74, 6) is -0.175. The molecule has 0 fully saturated rings. The molecule has 0 radical (unpaired) electrons. The summed E-state index contributed by atoms with van der Waals surface area (Å²) >= 11 is 6.06. The van der Waals surface area contributed by atoms with Crippen LogP contribution >= 0.6 is 11.6 Å². The van der Waals surface area contributed by atoms with Crippen molar-refractivity contribution in [3.05, 3.63) is 52.8 Å². The maximum atomic E-state index is 11.8. The number of benzene rings is 1. The first-order chi connectivity index (χ1) is 8.18. The van der Waals surface area contributed by atoms with E-state index in [1.165, 1.54) is 6.20 Å². The molecule has 1 aromatic heterocycles. The highest BCUT2D eigenvalue weighted by atomic mass is 35.5. The Hall–Kier alpha value is -1.81. The second-order valence-electron chi connectivity index (χ2n) is 3.70. The van der Waals surface area contributed by atoms with Gasteiger partial charge in [-0.25, -0.2) is 0 Å². The van der Waals surface area contributed by atoms with Gasteiger partial charge in [0.25, 0.3) is 5.91 Å². The molecule has 17 heavy (non-hydrogen) atoms. The number of carbonyl (C=O) groups excluding carboxylic acids is 1. The van der Waals surface area contributed by atoms with E-state index in [1.807, 2.05) is 25.1 Å². The quantitative estimate of drug-likeness (QED) is 0.878. The van der Waals surface area contributed by atoms with Gasteiger partial charge >= 0.3 is 0 Å². The Bertz CT molecular complexity index is 510. The van der Waals surface area contributed by atoms with E-state index in [0.717, 1.165) is 5.56 Å². The summed E-state index contributed by atoms with van der Waals surface area (Å²) in [6.07, 6.45) is 3.03. The van der Waals surface area contributed by atoms with Crippen molar-refractivity contribution < 1.29 is 4.79 Å². The van der Waals surface area contributed by atoms with Gasteiger partial charge in [0.05, 0.1) is 17.8 Å². The highest BCUT2D eigenvalue weighted by Gasteiger charge is 2.13. The van der Waals surface area contributed by atoms with Gasteiger partial charge in [-0.2, -0.15) is 5.10 Å². The molecule has 2 aromatic rings. The largest absolute Gasteiger partial charge is 0.345 e. The second-order valence-corrected chi connectivity index (χ2v) is 4.11. The fraction of sp³-hybridized carbons (Fsp3) is 0.167. The van der Waals surface area contributed by atoms with E-state index in [4.69, 9.17) is 11.6 Å². The monoisotopic (exact) mass is 249 g/mol. The number of hydrogen-bond acceptors (Lipinski definition) is 2. The molecule has 5 heteroatoms. The van der Waals surface area contributed by atoms with Gasteiger partial charge in [0, 0.05) is 11.2 Å². The zero-order chi connectivity index (χ0) is 12.3. The van der Waals surface area contributed by atoms with E-state index < -0.39 is 0 Å². The van der Waals surface area contributed by atoms with Crippen LogP contribution in [-0.4, -0.2) is 16.1 Å². The van der Waals surface area contributed by atoms with Crippen molar-refractivity contribution in [2.75, 3.05) is 0 Å². The molecular weight excluding hydrogens is 238 g/mol. The standard InChI is InChI=1S/C12H12ClN3O/c1-8(10-4-2-3-5-11(10)13)16-12(17)9-6-14-15-7-9/h2-8H,1H3,(H,14,15)(H,16,17). The molecule has 0 saturated carbocycles. The normalized spacial score (nSPS) is 12.1. The molecule has 1 heterocycles. The zero-order valence-electron chi connectivity index (χ0n) is 9.27. The van der Waals surface area contributed by atoms with Crippen molar-refractivity contribution in [2.45, 2.75) is 13.0 Å². The van der Waals surface area contributed by atoms with Crippen LogP contribution in [0.25, 0.3) is 0 Å². The molecule has 0 aliphatic carbocycles. The van der Waals surface area contributed by atoms with Crippen LogP contribution in [-0.2, 0) is 0 Å². The number of hydrogen-bond donors (Lipinski definition) is 2. The third kappa shape index (κ3) is 2.65. The fourth-order valence-electron chi connectivity index (χ4n) is 1.56. The Balaban J connectivity index is 2.10. The van der Waals surface area contributed by atoms with E-state index in [1.54, 1.807) is 12.3 Å². The van der Waals surface area contributed by atoms with Gasteiger partial charge in [-0.1, -0.05) is 29.8 Å². The molecule has 2 rings (SSSR count). The van der Waals surface area contributed by atoms with E-state index in [0.29, 0.717) is 10.6 Å². The lowest BCUT2D eigenvalue weighted by Gasteiger charge is -2.14. The molecule has 1 unspecified atom stereocenters. The van der Waals surface area contributed by atoms with Gasteiger partial charge < -0.3 is 5.32 Å². The molecule has 4 nitrogen and oxygen atoms in total. The average molecular weight is 250 g/mol. The first-order valence-electron chi connectivity index (χ1n) is 5.22. The Morgan fingerprint density at radius 3 is 2.88 bits per heavy atom. The molecule has 0 saturated heterocycles. The minimum Gasteiger partial charge on any atom is -0.345 e. The fourth-order valence-corrected chi connectivity index (χ4v) is 1.86. The van der Waals surface area contributed by atoms with Crippen molar-refractivity contribution in [1.29, 1.82) is 0 Å². The molecular formula is C12H12ClN3O. The van der Waals surface area contributed by atoms with E-state index in [9.17, 15) is 4.79 Å². The number of rotatable bonds is 3. The Kier molecular flexibility index (Phi) is 3.44. The first-order valence-corrected chi connectivity index (χ1v) is 5.60. The molecule has 88 valence electrons. The number of carbonyl (C=O) groups is 1. The number of amides is 1. The molecule has 0 spiro atoms. The topological polar surface area (TPSA) is 57.8 Å². The Morgan fingerprint density at radius 1 is 1.47 bits per heavy atom. The van der Waals surface area contributed by atoms with Crippen LogP contribution in [0.15, 0.2) is 36.7 Å². The molecule has 0 aliphatic heterocycles. The predicted octanol–water partition coefficient (Wildman–Crippen LogP) is 2.55. The summed E-state index contributed by atoms with van der Waals surface area (Å²) in [5.41, 5.74) is 1.40.